The number of aromatic nitrogens is 2. The fourth-order valence-corrected chi connectivity index (χ4v) is 3.59. The molecule has 1 heterocycles. The van der Waals surface area contributed by atoms with E-state index in [4.69, 9.17) is 11.6 Å². The molecule has 152 valence electrons. The highest BCUT2D eigenvalue weighted by Gasteiger charge is 2.17. The first-order valence-corrected chi connectivity index (χ1v) is 10.6. The van der Waals surface area contributed by atoms with E-state index in [1.54, 1.807) is 29.7 Å². The van der Waals surface area contributed by atoms with E-state index >= 15 is 0 Å². The Morgan fingerprint density at radius 2 is 2.04 bits per heavy atom. The second-order valence-electron chi connectivity index (χ2n) is 6.38. The second-order valence-corrected chi connectivity index (χ2v) is 7.76. The molecule has 9 heteroatoms. The van der Waals surface area contributed by atoms with E-state index in [0.717, 1.165) is 12.8 Å². The van der Waals surface area contributed by atoms with Crippen LogP contribution in [0.1, 0.15) is 33.6 Å². The molecular formula is C19H25ClN4O3S. The number of carbonyl (C=O) groups excluding carboxylic acids is 2. The molecule has 0 aliphatic carbocycles. The maximum Gasteiger partial charge on any atom is 0.262 e. The summed E-state index contributed by atoms with van der Waals surface area (Å²) in [6.45, 7) is 6.64. The zero-order valence-corrected chi connectivity index (χ0v) is 17.8. The standard InChI is InChI=1S/C19H25ClN4O3S/c1-4-8-21-17(26)12(3)22-16(25)11-28-19-23-15-10-13(20)6-7-14(15)18(27)24(19)9-5-2/h6-7,10,12H,4-5,8-9,11H2,1-3H3,(H,21,26)(H,22,25)/t12-/m1/s1. The number of hydrogen-bond acceptors (Lipinski definition) is 5. The van der Waals surface area contributed by atoms with Gasteiger partial charge in [0.15, 0.2) is 5.16 Å². The quantitative estimate of drug-likeness (QED) is 0.476. The van der Waals surface area contributed by atoms with Crippen LogP contribution in [0, 0.1) is 0 Å². The number of nitrogens with zero attached hydrogens (tertiary/aromatic N) is 2. The van der Waals surface area contributed by atoms with Crippen molar-refractivity contribution < 1.29 is 9.59 Å². The summed E-state index contributed by atoms with van der Waals surface area (Å²) in [6, 6.07) is 4.34. The number of halogens is 1. The third-order valence-electron chi connectivity index (χ3n) is 3.98. The summed E-state index contributed by atoms with van der Waals surface area (Å²) in [5, 5.41) is 6.85. The Kier molecular flexibility index (Phi) is 8.32. The van der Waals surface area contributed by atoms with Crippen molar-refractivity contribution in [2.75, 3.05) is 12.3 Å². The molecule has 2 rings (SSSR count). The van der Waals surface area contributed by atoms with Crippen molar-refractivity contribution in [2.45, 2.75) is 51.4 Å². The summed E-state index contributed by atoms with van der Waals surface area (Å²) in [5.74, 6) is -0.470. The SMILES string of the molecule is CCCNC(=O)[C@@H](C)NC(=O)CSc1nc2cc(Cl)ccc2c(=O)n1CCC. The van der Waals surface area contributed by atoms with Crippen LogP contribution in [0.2, 0.25) is 5.02 Å². The lowest BCUT2D eigenvalue weighted by Gasteiger charge is -2.15. The Labute approximate surface area is 173 Å². The number of benzene rings is 1. The molecule has 0 unspecified atom stereocenters. The molecule has 0 aliphatic heterocycles. The summed E-state index contributed by atoms with van der Waals surface area (Å²) >= 11 is 7.18. The normalized spacial score (nSPS) is 12.0. The van der Waals surface area contributed by atoms with Crippen molar-refractivity contribution in [1.82, 2.24) is 20.2 Å². The van der Waals surface area contributed by atoms with Gasteiger partial charge in [-0.2, -0.15) is 0 Å². The van der Waals surface area contributed by atoms with Crippen molar-refractivity contribution in [3.63, 3.8) is 0 Å². The van der Waals surface area contributed by atoms with Gasteiger partial charge >= 0.3 is 0 Å². The highest BCUT2D eigenvalue weighted by Crippen LogP contribution is 2.20. The largest absolute Gasteiger partial charge is 0.354 e. The minimum atomic E-state index is -0.624. The number of fused-ring (bicyclic) bond motifs is 1. The van der Waals surface area contributed by atoms with E-state index < -0.39 is 6.04 Å². The van der Waals surface area contributed by atoms with Crippen molar-refractivity contribution in [3.05, 3.63) is 33.6 Å². The van der Waals surface area contributed by atoms with Crippen molar-refractivity contribution >= 4 is 46.1 Å². The Bertz CT molecular complexity index is 916. The highest BCUT2D eigenvalue weighted by molar-refractivity contribution is 7.99. The molecule has 2 aromatic rings. The lowest BCUT2D eigenvalue weighted by Crippen LogP contribution is -2.45. The van der Waals surface area contributed by atoms with E-state index in [1.807, 2.05) is 13.8 Å². The van der Waals surface area contributed by atoms with Gasteiger partial charge in [0.05, 0.1) is 16.7 Å². The van der Waals surface area contributed by atoms with Gasteiger partial charge in [-0.1, -0.05) is 37.2 Å². The fourth-order valence-electron chi connectivity index (χ4n) is 2.58. The molecule has 0 spiro atoms. The van der Waals surface area contributed by atoms with E-state index in [9.17, 15) is 14.4 Å². The first-order valence-electron chi connectivity index (χ1n) is 9.27. The van der Waals surface area contributed by atoms with Gasteiger partial charge in [0.25, 0.3) is 5.56 Å². The maximum absolute atomic E-state index is 12.8. The van der Waals surface area contributed by atoms with Crippen molar-refractivity contribution in [2.24, 2.45) is 0 Å². The molecule has 1 aromatic carbocycles. The number of nitrogens with one attached hydrogen (secondary N) is 2. The summed E-state index contributed by atoms with van der Waals surface area (Å²) in [4.78, 5) is 41.4. The van der Waals surface area contributed by atoms with Gasteiger partial charge in [-0.05, 0) is 38.0 Å². The lowest BCUT2D eigenvalue weighted by atomic mass is 10.2. The molecule has 0 fully saturated rings. The van der Waals surface area contributed by atoms with Gasteiger partial charge in [-0.15, -0.1) is 0 Å². The van der Waals surface area contributed by atoms with Crippen LogP contribution in [0.15, 0.2) is 28.2 Å². The third-order valence-corrected chi connectivity index (χ3v) is 5.19. The zero-order chi connectivity index (χ0) is 20.7. The predicted octanol–water partition coefficient (Wildman–Crippen LogP) is 2.58. The number of hydrogen-bond donors (Lipinski definition) is 2. The summed E-state index contributed by atoms with van der Waals surface area (Å²) in [6.07, 6.45) is 1.59. The number of thioether (sulfide) groups is 1. The molecule has 2 N–H and O–H groups in total. The van der Waals surface area contributed by atoms with Crippen molar-refractivity contribution in [1.29, 1.82) is 0 Å². The van der Waals surface area contributed by atoms with Crippen molar-refractivity contribution in [3.8, 4) is 0 Å². The van der Waals surface area contributed by atoms with Gasteiger partial charge in [0.1, 0.15) is 6.04 Å². The Balaban J connectivity index is 2.14. The van der Waals surface area contributed by atoms with Gasteiger partial charge in [-0.25, -0.2) is 4.98 Å². The molecule has 1 aromatic heterocycles. The van der Waals surface area contributed by atoms with Crippen LogP contribution in [0.4, 0.5) is 0 Å². The lowest BCUT2D eigenvalue weighted by molar-refractivity contribution is -0.127. The van der Waals surface area contributed by atoms with Crippen LogP contribution in [0.25, 0.3) is 10.9 Å². The zero-order valence-electron chi connectivity index (χ0n) is 16.3. The molecule has 0 radical (unpaired) electrons. The van der Waals surface area contributed by atoms with Crippen LogP contribution in [-0.4, -0.2) is 39.7 Å². The first-order chi connectivity index (χ1) is 13.4. The Morgan fingerprint density at radius 1 is 1.29 bits per heavy atom. The van der Waals surface area contributed by atoms with Crippen LogP contribution < -0.4 is 16.2 Å². The topological polar surface area (TPSA) is 93.1 Å². The monoisotopic (exact) mass is 424 g/mol. The molecule has 0 aliphatic rings. The average Bonchev–Trinajstić information content (AvgIpc) is 2.66. The molecule has 0 saturated heterocycles. The fraction of sp³-hybridized carbons (Fsp3) is 0.474. The summed E-state index contributed by atoms with van der Waals surface area (Å²) < 4.78 is 1.57. The Hall–Kier alpha value is -2.06. The minimum Gasteiger partial charge on any atom is -0.354 e. The van der Waals surface area contributed by atoms with Crippen LogP contribution in [-0.2, 0) is 16.1 Å². The van der Waals surface area contributed by atoms with Gasteiger partial charge < -0.3 is 10.6 Å². The van der Waals surface area contributed by atoms with Gasteiger partial charge in [0, 0.05) is 18.1 Å². The average molecular weight is 425 g/mol. The van der Waals surface area contributed by atoms with E-state index in [0.29, 0.717) is 34.2 Å². The van der Waals surface area contributed by atoms with Gasteiger partial charge in [0.2, 0.25) is 11.8 Å². The molecule has 7 nitrogen and oxygen atoms in total. The predicted molar refractivity (Wildman–Crippen MR) is 113 cm³/mol. The molecule has 0 bridgehead atoms. The second kappa shape index (κ2) is 10.5. The van der Waals surface area contributed by atoms with Crippen LogP contribution in [0.3, 0.4) is 0 Å². The molecular weight excluding hydrogens is 400 g/mol. The van der Waals surface area contributed by atoms with Crippen LogP contribution in [0.5, 0.6) is 0 Å². The summed E-state index contributed by atoms with van der Waals surface area (Å²) in [7, 11) is 0. The highest BCUT2D eigenvalue weighted by atomic mass is 35.5. The molecule has 1 atom stereocenters. The third kappa shape index (κ3) is 5.72. The van der Waals surface area contributed by atoms with E-state index in [1.165, 1.54) is 11.8 Å². The molecule has 0 saturated carbocycles. The molecule has 2 amide bonds. The van der Waals surface area contributed by atoms with Gasteiger partial charge in [-0.3, -0.25) is 19.0 Å². The first kappa shape index (κ1) is 22.2. The molecule has 28 heavy (non-hydrogen) atoms. The maximum atomic E-state index is 12.8. The Morgan fingerprint density at radius 3 is 2.71 bits per heavy atom. The minimum absolute atomic E-state index is 0.0492. The number of amides is 2. The smallest absolute Gasteiger partial charge is 0.262 e. The number of carbonyl (C=O) groups is 2. The van der Waals surface area contributed by atoms with E-state index in [2.05, 4.69) is 15.6 Å². The number of rotatable bonds is 9. The van der Waals surface area contributed by atoms with E-state index in [-0.39, 0.29) is 23.1 Å². The van der Waals surface area contributed by atoms with Crippen LogP contribution >= 0.6 is 23.4 Å². The summed E-state index contributed by atoms with van der Waals surface area (Å²) in [5.41, 5.74) is 0.346.